The van der Waals surface area contributed by atoms with Gasteiger partial charge < -0.3 is 15.0 Å². The molecule has 2 aliphatic heterocycles. The van der Waals surface area contributed by atoms with E-state index in [-0.39, 0.29) is 29.4 Å². The number of rotatable bonds is 2. The first-order valence-corrected chi connectivity index (χ1v) is 9.67. The number of likely N-dealkylation sites (tertiary alicyclic amines) is 1. The van der Waals surface area contributed by atoms with E-state index in [4.69, 9.17) is 4.74 Å². The highest BCUT2D eigenvalue weighted by Crippen LogP contribution is 2.52. The molecule has 1 N–H and O–H groups in total. The highest BCUT2D eigenvalue weighted by molar-refractivity contribution is 14.0. The topological polar surface area (TPSA) is 36.9 Å². The first-order valence-electron chi connectivity index (χ1n) is 9.67. The fraction of sp³-hybridized carbons (Fsp3) is 0.667. The van der Waals surface area contributed by atoms with Crippen LogP contribution >= 0.6 is 24.0 Å². The van der Waals surface area contributed by atoms with E-state index in [1.807, 2.05) is 7.05 Å². The maximum atomic E-state index is 5.93. The van der Waals surface area contributed by atoms with Gasteiger partial charge in [-0.15, -0.1) is 24.0 Å². The fourth-order valence-electron chi connectivity index (χ4n) is 5.30. The lowest BCUT2D eigenvalue weighted by Gasteiger charge is -2.55. The number of aliphatic imine (C=N–C) groups is 1. The van der Waals surface area contributed by atoms with Gasteiger partial charge in [0.2, 0.25) is 0 Å². The van der Waals surface area contributed by atoms with Crippen LogP contribution in [0.4, 0.5) is 0 Å². The van der Waals surface area contributed by atoms with Gasteiger partial charge in [-0.25, -0.2) is 0 Å². The predicted molar refractivity (Wildman–Crippen MR) is 117 cm³/mol. The van der Waals surface area contributed by atoms with Gasteiger partial charge in [-0.3, -0.25) is 4.99 Å². The van der Waals surface area contributed by atoms with Crippen LogP contribution < -0.4 is 5.32 Å². The molecule has 144 valence electrons. The number of nitrogens with one attached hydrogen (secondary N) is 1. The first-order chi connectivity index (χ1) is 12.0. The van der Waals surface area contributed by atoms with Gasteiger partial charge in [0.15, 0.2) is 5.96 Å². The molecule has 0 aromatic heterocycles. The molecule has 0 spiro atoms. The van der Waals surface area contributed by atoms with Crippen molar-refractivity contribution >= 4 is 29.9 Å². The van der Waals surface area contributed by atoms with Gasteiger partial charge in [0, 0.05) is 50.0 Å². The molecule has 4 nitrogen and oxygen atoms in total. The molecular formula is C21H32IN3O. The van der Waals surface area contributed by atoms with Crippen LogP contribution in [0.25, 0.3) is 0 Å². The van der Waals surface area contributed by atoms with Crippen molar-refractivity contribution in [2.45, 2.75) is 51.7 Å². The largest absolute Gasteiger partial charge is 0.377 e. The molecule has 0 amide bonds. The number of aryl methyl sites for hydroxylation is 1. The summed E-state index contributed by atoms with van der Waals surface area (Å²) in [6.45, 7) is 9.92. The van der Waals surface area contributed by atoms with Crippen LogP contribution in [0.15, 0.2) is 29.3 Å². The third kappa shape index (κ3) is 3.26. The predicted octanol–water partition coefficient (Wildman–Crippen LogP) is 3.79. The van der Waals surface area contributed by atoms with E-state index in [0.717, 1.165) is 25.7 Å². The Labute approximate surface area is 174 Å². The molecule has 1 aliphatic carbocycles. The number of guanidine groups is 1. The quantitative estimate of drug-likeness (QED) is 0.407. The highest BCUT2D eigenvalue weighted by Gasteiger charge is 2.59. The van der Waals surface area contributed by atoms with Crippen LogP contribution in [0.2, 0.25) is 0 Å². The second kappa shape index (κ2) is 7.66. The van der Waals surface area contributed by atoms with Gasteiger partial charge in [0.1, 0.15) is 0 Å². The summed E-state index contributed by atoms with van der Waals surface area (Å²) in [5.41, 5.74) is 3.09. The number of fused-ring (bicyclic) bond motifs is 1. The van der Waals surface area contributed by atoms with Crippen LogP contribution in [0.3, 0.4) is 0 Å². The summed E-state index contributed by atoms with van der Waals surface area (Å²) in [5, 5.41) is 3.79. The van der Waals surface area contributed by atoms with E-state index in [9.17, 15) is 0 Å². The normalized spacial score (nSPS) is 32.6. The van der Waals surface area contributed by atoms with Crippen LogP contribution in [-0.2, 0) is 4.74 Å². The number of nitrogens with zero attached hydrogens (tertiary/aromatic N) is 2. The molecule has 4 atom stereocenters. The number of hydrogen-bond acceptors (Lipinski definition) is 2. The smallest absolute Gasteiger partial charge is 0.193 e. The summed E-state index contributed by atoms with van der Waals surface area (Å²) in [4.78, 5) is 7.05. The Morgan fingerprint density at radius 1 is 1.27 bits per heavy atom. The minimum Gasteiger partial charge on any atom is -0.377 e. The average Bonchev–Trinajstić information content (AvgIpc) is 3.24. The lowest BCUT2D eigenvalue weighted by atomic mass is 9.57. The standard InChI is InChI=1S/C21H31N3O.HI/c1-14-7-5-6-8-16(14)15-9-11-24(13-15)20(22-4)23-18-17-10-12-25-19(17)21(18,2)3;/h5-8,15,17-19H,9-13H2,1-4H3,(H,22,23);1H. The lowest BCUT2D eigenvalue weighted by molar-refractivity contribution is -0.107. The minimum atomic E-state index is 0. The summed E-state index contributed by atoms with van der Waals surface area (Å²) in [6, 6.07) is 9.27. The van der Waals surface area contributed by atoms with Crippen LogP contribution in [-0.4, -0.2) is 49.7 Å². The Hall–Kier alpha value is -0.820. The second-order valence-corrected chi connectivity index (χ2v) is 8.52. The summed E-state index contributed by atoms with van der Waals surface area (Å²) in [7, 11) is 1.91. The number of hydrogen-bond donors (Lipinski definition) is 1. The van der Waals surface area contributed by atoms with Gasteiger partial charge in [-0.05, 0) is 30.9 Å². The van der Waals surface area contributed by atoms with Crippen molar-refractivity contribution in [2.24, 2.45) is 16.3 Å². The Kier molecular flexibility index (Phi) is 5.87. The number of ether oxygens (including phenoxy) is 1. The van der Waals surface area contributed by atoms with Gasteiger partial charge in [0.25, 0.3) is 0 Å². The van der Waals surface area contributed by atoms with E-state index < -0.39 is 0 Å². The monoisotopic (exact) mass is 469 g/mol. The number of halogens is 1. The maximum Gasteiger partial charge on any atom is 0.193 e. The van der Waals surface area contributed by atoms with Crippen molar-refractivity contribution in [2.75, 3.05) is 26.7 Å². The Morgan fingerprint density at radius 3 is 2.77 bits per heavy atom. The zero-order chi connectivity index (χ0) is 17.6. The van der Waals surface area contributed by atoms with Crippen molar-refractivity contribution < 1.29 is 4.74 Å². The molecule has 26 heavy (non-hydrogen) atoms. The molecule has 0 radical (unpaired) electrons. The molecule has 3 fully saturated rings. The van der Waals surface area contributed by atoms with E-state index in [1.165, 1.54) is 24.0 Å². The molecule has 2 saturated heterocycles. The Bertz CT molecular complexity index is 675. The van der Waals surface area contributed by atoms with Gasteiger partial charge in [0.05, 0.1) is 6.10 Å². The molecule has 5 heteroatoms. The summed E-state index contributed by atoms with van der Waals surface area (Å²) < 4.78 is 5.93. The fourth-order valence-corrected chi connectivity index (χ4v) is 5.30. The molecule has 1 aromatic rings. The molecular weight excluding hydrogens is 437 g/mol. The van der Waals surface area contributed by atoms with Crippen LogP contribution in [0, 0.1) is 18.3 Å². The molecule has 3 aliphatic rings. The van der Waals surface area contributed by atoms with Gasteiger partial charge in [-0.2, -0.15) is 0 Å². The molecule has 1 aromatic carbocycles. The minimum absolute atomic E-state index is 0. The molecule has 2 heterocycles. The van der Waals surface area contributed by atoms with E-state index in [1.54, 1.807) is 0 Å². The zero-order valence-corrected chi connectivity index (χ0v) is 18.7. The molecule has 4 rings (SSSR count). The summed E-state index contributed by atoms with van der Waals surface area (Å²) in [6.07, 6.45) is 2.80. The Morgan fingerprint density at radius 2 is 2.04 bits per heavy atom. The van der Waals surface area contributed by atoms with Gasteiger partial charge in [-0.1, -0.05) is 38.1 Å². The second-order valence-electron chi connectivity index (χ2n) is 8.52. The summed E-state index contributed by atoms with van der Waals surface area (Å²) in [5.74, 6) is 2.32. The molecule has 1 saturated carbocycles. The lowest BCUT2D eigenvalue weighted by Crippen LogP contribution is -2.68. The van der Waals surface area contributed by atoms with Crippen molar-refractivity contribution in [3.05, 3.63) is 35.4 Å². The van der Waals surface area contributed by atoms with E-state index in [0.29, 0.717) is 24.0 Å². The third-order valence-corrected chi connectivity index (χ3v) is 6.71. The summed E-state index contributed by atoms with van der Waals surface area (Å²) >= 11 is 0. The van der Waals surface area contributed by atoms with Crippen molar-refractivity contribution in [1.29, 1.82) is 0 Å². The molecule has 0 bridgehead atoms. The SMILES string of the molecule is CN=C(NC1C2CCOC2C1(C)C)N1CCC(c2ccccc2C)C1.I. The number of benzene rings is 1. The van der Waals surface area contributed by atoms with Crippen molar-refractivity contribution in [3.63, 3.8) is 0 Å². The van der Waals surface area contributed by atoms with Crippen LogP contribution in [0.5, 0.6) is 0 Å². The average molecular weight is 469 g/mol. The maximum absolute atomic E-state index is 5.93. The van der Waals surface area contributed by atoms with Crippen molar-refractivity contribution in [3.8, 4) is 0 Å². The first kappa shape index (κ1) is 19.9. The zero-order valence-electron chi connectivity index (χ0n) is 16.4. The van der Waals surface area contributed by atoms with E-state index >= 15 is 0 Å². The van der Waals surface area contributed by atoms with Crippen LogP contribution in [0.1, 0.15) is 43.7 Å². The van der Waals surface area contributed by atoms with Crippen molar-refractivity contribution in [1.82, 2.24) is 10.2 Å². The Balaban J connectivity index is 0.00000196. The molecule has 4 unspecified atom stereocenters. The highest BCUT2D eigenvalue weighted by atomic mass is 127. The van der Waals surface area contributed by atoms with E-state index in [2.05, 4.69) is 60.2 Å². The van der Waals surface area contributed by atoms with Gasteiger partial charge >= 0.3 is 0 Å². The third-order valence-electron chi connectivity index (χ3n) is 6.71.